The SMILES string of the molecule is CCc1c(OS(=O)(=O)C(F)(F)F)cc(F)c(C(=O)N(C)OC)c1F. The van der Waals surface area contributed by atoms with Crippen molar-refractivity contribution in [2.24, 2.45) is 0 Å². The van der Waals surface area contributed by atoms with Crippen LogP contribution in [-0.2, 0) is 21.4 Å². The van der Waals surface area contributed by atoms with Gasteiger partial charge >= 0.3 is 15.6 Å². The molecule has 0 saturated heterocycles. The maximum Gasteiger partial charge on any atom is 0.534 e. The first kappa shape index (κ1) is 20.1. The van der Waals surface area contributed by atoms with Gasteiger partial charge in [-0.25, -0.2) is 13.8 Å². The Labute approximate surface area is 133 Å². The number of benzene rings is 1. The lowest BCUT2D eigenvalue weighted by molar-refractivity contribution is -0.0762. The van der Waals surface area contributed by atoms with Crippen molar-refractivity contribution in [3.63, 3.8) is 0 Å². The van der Waals surface area contributed by atoms with E-state index in [9.17, 15) is 35.2 Å². The summed E-state index contributed by atoms with van der Waals surface area (Å²) in [6, 6.07) is 0.196. The van der Waals surface area contributed by atoms with Crippen molar-refractivity contribution in [2.75, 3.05) is 14.2 Å². The fraction of sp³-hybridized carbons (Fsp3) is 0.417. The smallest absolute Gasteiger partial charge is 0.376 e. The first-order valence-corrected chi connectivity index (χ1v) is 7.62. The van der Waals surface area contributed by atoms with Crippen LogP contribution < -0.4 is 4.18 Å². The van der Waals surface area contributed by atoms with Gasteiger partial charge in [-0.1, -0.05) is 6.92 Å². The fourth-order valence-corrected chi connectivity index (χ4v) is 2.12. The average molecular weight is 377 g/mol. The average Bonchev–Trinajstić information content (AvgIpc) is 2.44. The second kappa shape index (κ2) is 6.89. The van der Waals surface area contributed by atoms with Gasteiger partial charge in [-0.2, -0.15) is 21.6 Å². The molecule has 0 unspecified atom stereocenters. The van der Waals surface area contributed by atoms with Crippen LogP contribution in [0.25, 0.3) is 0 Å². The van der Waals surface area contributed by atoms with E-state index in [1.165, 1.54) is 6.92 Å². The van der Waals surface area contributed by atoms with Gasteiger partial charge in [-0.3, -0.25) is 9.63 Å². The molecule has 0 saturated carbocycles. The third-order valence-electron chi connectivity index (χ3n) is 2.89. The van der Waals surface area contributed by atoms with Gasteiger partial charge in [0, 0.05) is 18.7 Å². The van der Waals surface area contributed by atoms with Crippen molar-refractivity contribution in [1.29, 1.82) is 0 Å². The Morgan fingerprint density at radius 2 is 1.83 bits per heavy atom. The summed E-state index contributed by atoms with van der Waals surface area (Å²) in [5.41, 5.74) is -7.61. The highest BCUT2D eigenvalue weighted by molar-refractivity contribution is 7.88. The van der Waals surface area contributed by atoms with Crippen LogP contribution in [0.5, 0.6) is 5.75 Å². The summed E-state index contributed by atoms with van der Waals surface area (Å²) in [7, 11) is -4.03. The predicted molar refractivity (Wildman–Crippen MR) is 70.4 cm³/mol. The van der Waals surface area contributed by atoms with E-state index in [-0.39, 0.29) is 12.5 Å². The Balaban J connectivity index is 3.51. The lowest BCUT2D eigenvalue weighted by Gasteiger charge is -2.18. The van der Waals surface area contributed by atoms with Crippen molar-refractivity contribution >= 4 is 16.0 Å². The van der Waals surface area contributed by atoms with Crippen LogP contribution in [0.3, 0.4) is 0 Å². The minimum Gasteiger partial charge on any atom is -0.376 e. The zero-order chi connectivity index (χ0) is 18.9. The van der Waals surface area contributed by atoms with E-state index in [2.05, 4.69) is 9.02 Å². The highest BCUT2D eigenvalue weighted by Gasteiger charge is 2.49. The Kier molecular flexibility index (Phi) is 5.77. The Morgan fingerprint density at radius 1 is 1.29 bits per heavy atom. The summed E-state index contributed by atoms with van der Waals surface area (Å²) < 4.78 is 91.1. The van der Waals surface area contributed by atoms with Crippen molar-refractivity contribution in [3.05, 3.63) is 28.8 Å². The van der Waals surface area contributed by atoms with E-state index in [1.807, 2.05) is 0 Å². The topological polar surface area (TPSA) is 72.9 Å². The zero-order valence-corrected chi connectivity index (χ0v) is 13.4. The molecule has 0 spiro atoms. The molecule has 24 heavy (non-hydrogen) atoms. The molecule has 136 valence electrons. The molecule has 0 atom stereocenters. The van der Waals surface area contributed by atoms with E-state index in [0.717, 1.165) is 14.2 Å². The van der Waals surface area contributed by atoms with E-state index < -0.39 is 50.0 Å². The Bertz CT molecular complexity index is 747. The van der Waals surface area contributed by atoms with Gasteiger partial charge in [-0.05, 0) is 6.42 Å². The molecule has 1 aromatic rings. The molecule has 0 aliphatic heterocycles. The molecule has 1 rings (SSSR count). The summed E-state index contributed by atoms with van der Waals surface area (Å²) in [5, 5.41) is 0.480. The first-order chi connectivity index (χ1) is 10.9. The molecule has 0 heterocycles. The van der Waals surface area contributed by atoms with Crippen molar-refractivity contribution in [3.8, 4) is 5.75 Å². The number of halogens is 5. The summed E-state index contributed by atoms with van der Waals surface area (Å²) in [6.07, 6.45) is -0.369. The van der Waals surface area contributed by atoms with E-state index in [1.54, 1.807) is 0 Å². The van der Waals surface area contributed by atoms with Gasteiger partial charge in [0.05, 0.1) is 7.11 Å². The van der Waals surface area contributed by atoms with Gasteiger partial charge in [0.25, 0.3) is 5.91 Å². The largest absolute Gasteiger partial charge is 0.534 e. The highest BCUT2D eigenvalue weighted by atomic mass is 32.2. The molecule has 12 heteroatoms. The van der Waals surface area contributed by atoms with E-state index >= 15 is 0 Å². The highest BCUT2D eigenvalue weighted by Crippen LogP contribution is 2.33. The zero-order valence-electron chi connectivity index (χ0n) is 12.6. The molecule has 0 bridgehead atoms. The van der Waals surface area contributed by atoms with Crippen LogP contribution in [0, 0.1) is 11.6 Å². The minimum absolute atomic E-state index is 0.196. The third-order valence-corrected chi connectivity index (χ3v) is 3.85. The number of carbonyl (C=O) groups is 1. The van der Waals surface area contributed by atoms with Crippen molar-refractivity contribution in [1.82, 2.24) is 5.06 Å². The molecular formula is C12H12F5NO5S. The molecule has 0 aliphatic carbocycles. The number of amides is 1. The van der Waals surface area contributed by atoms with Gasteiger partial charge in [0.15, 0.2) is 5.75 Å². The van der Waals surface area contributed by atoms with Gasteiger partial charge in [0.2, 0.25) is 0 Å². The van der Waals surface area contributed by atoms with Crippen LogP contribution in [-0.4, -0.2) is 39.1 Å². The number of nitrogens with zero attached hydrogens (tertiary/aromatic N) is 1. The number of hydrogen-bond acceptors (Lipinski definition) is 5. The lowest BCUT2D eigenvalue weighted by atomic mass is 10.0. The van der Waals surface area contributed by atoms with Crippen LogP contribution in [0.4, 0.5) is 22.0 Å². The Morgan fingerprint density at radius 3 is 2.25 bits per heavy atom. The molecular weight excluding hydrogens is 365 g/mol. The van der Waals surface area contributed by atoms with Gasteiger partial charge < -0.3 is 4.18 Å². The van der Waals surface area contributed by atoms with Crippen LogP contribution >= 0.6 is 0 Å². The molecule has 1 aromatic carbocycles. The molecule has 0 aliphatic rings. The number of alkyl halides is 3. The fourth-order valence-electron chi connectivity index (χ4n) is 1.64. The van der Waals surface area contributed by atoms with Gasteiger partial charge in [0.1, 0.15) is 17.2 Å². The van der Waals surface area contributed by atoms with Gasteiger partial charge in [-0.15, -0.1) is 0 Å². The van der Waals surface area contributed by atoms with Crippen molar-refractivity contribution < 1.29 is 44.2 Å². The maximum atomic E-state index is 14.3. The van der Waals surface area contributed by atoms with E-state index in [4.69, 9.17) is 0 Å². The third kappa shape index (κ3) is 3.75. The summed E-state index contributed by atoms with van der Waals surface area (Å²) in [5.74, 6) is -5.60. The minimum atomic E-state index is -6.12. The second-order valence-corrected chi connectivity index (χ2v) is 5.88. The molecule has 0 N–H and O–H groups in total. The van der Waals surface area contributed by atoms with Crippen molar-refractivity contribution in [2.45, 2.75) is 18.9 Å². The molecule has 6 nitrogen and oxygen atoms in total. The lowest BCUT2D eigenvalue weighted by Crippen LogP contribution is -2.30. The summed E-state index contributed by atoms with van der Waals surface area (Å²) in [4.78, 5) is 16.3. The molecule has 0 radical (unpaired) electrons. The number of hydrogen-bond donors (Lipinski definition) is 0. The van der Waals surface area contributed by atoms with Crippen LogP contribution in [0.1, 0.15) is 22.8 Å². The Hall–Kier alpha value is -1.95. The monoisotopic (exact) mass is 377 g/mol. The quantitative estimate of drug-likeness (QED) is 0.341. The van der Waals surface area contributed by atoms with E-state index in [0.29, 0.717) is 5.06 Å². The number of carbonyl (C=O) groups excluding carboxylic acids is 1. The number of hydroxylamine groups is 2. The molecule has 0 aromatic heterocycles. The van der Waals surface area contributed by atoms with Crippen LogP contribution in [0.15, 0.2) is 6.07 Å². The van der Waals surface area contributed by atoms with Crippen LogP contribution in [0.2, 0.25) is 0 Å². The number of rotatable bonds is 5. The summed E-state index contributed by atoms with van der Waals surface area (Å²) >= 11 is 0. The maximum absolute atomic E-state index is 14.3. The second-order valence-electron chi connectivity index (χ2n) is 4.35. The normalized spacial score (nSPS) is 12.2. The molecule has 0 fully saturated rings. The predicted octanol–water partition coefficient (Wildman–Crippen LogP) is 2.39. The molecule has 1 amide bonds. The summed E-state index contributed by atoms with van der Waals surface area (Å²) in [6.45, 7) is 1.25. The first-order valence-electron chi connectivity index (χ1n) is 6.21. The standard InChI is InChI=1S/C12H12F5NO5S/c1-4-6-8(23-24(20,21)12(15,16)17)5-7(13)9(10(6)14)11(19)18(2)22-3/h5H,4H2,1-3H3.